The maximum absolute atomic E-state index is 15.0. The number of carbonyl (C=O) groups excluding carboxylic acids is 2. The molecule has 0 radical (unpaired) electrons. The second-order valence-corrected chi connectivity index (χ2v) is 9.88. The molecule has 1 aromatic heterocycles. The van der Waals surface area contributed by atoms with Crippen LogP contribution >= 0.6 is 0 Å². The molecule has 12 nitrogen and oxygen atoms in total. The molecule has 3 aliphatic rings. The summed E-state index contributed by atoms with van der Waals surface area (Å²) < 4.78 is 34.0. The number of likely N-dealkylation sites (tertiary alicyclic amines) is 1. The number of nitrogens with zero attached hydrogens (tertiary/aromatic N) is 5. The van der Waals surface area contributed by atoms with Crippen LogP contribution in [0.25, 0.3) is 0 Å². The number of rotatable bonds is 8. The van der Waals surface area contributed by atoms with Gasteiger partial charge in [-0.1, -0.05) is 5.18 Å². The molecule has 0 spiro atoms. The van der Waals surface area contributed by atoms with Crippen LogP contribution in [0.2, 0.25) is 0 Å². The van der Waals surface area contributed by atoms with Gasteiger partial charge in [-0.05, 0) is 19.9 Å². The number of hydrogen-bond acceptors (Lipinski definition) is 10. The molecule has 204 valence electrons. The van der Waals surface area contributed by atoms with Gasteiger partial charge in [-0.3, -0.25) is 24.8 Å². The highest BCUT2D eigenvalue weighted by molar-refractivity contribution is 5.96. The molecule has 1 aromatic rings. The van der Waals surface area contributed by atoms with Crippen molar-refractivity contribution in [2.75, 3.05) is 63.6 Å². The number of alkyl halides is 1. The molecule has 0 bridgehead atoms. The molecule has 3 saturated heterocycles. The monoisotopic (exact) mass is 524 g/mol. The molecule has 4 heterocycles. The zero-order valence-electron chi connectivity index (χ0n) is 21.0. The maximum Gasteiger partial charge on any atom is 0.234 e. The van der Waals surface area contributed by atoms with Crippen molar-refractivity contribution in [2.24, 2.45) is 22.7 Å². The third kappa shape index (κ3) is 5.87. The van der Waals surface area contributed by atoms with E-state index in [0.29, 0.717) is 39.0 Å². The van der Waals surface area contributed by atoms with E-state index < -0.39 is 36.1 Å². The number of pyridine rings is 1. The van der Waals surface area contributed by atoms with E-state index in [1.165, 1.54) is 6.20 Å². The maximum atomic E-state index is 15.0. The second kappa shape index (κ2) is 11.7. The highest BCUT2D eigenvalue weighted by Gasteiger charge is 2.41. The average Bonchev–Trinajstić information content (AvgIpc) is 2.85. The lowest BCUT2D eigenvalue weighted by Crippen LogP contribution is -2.62. The average molecular weight is 525 g/mol. The Morgan fingerprint density at radius 3 is 2.59 bits per heavy atom. The minimum Gasteiger partial charge on any atom is -0.378 e. The number of nitroso groups, excluding NO2 is 1. The van der Waals surface area contributed by atoms with E-state index >= 15 is 4.39 Å². The summed E-state index contributed by atoms with van der Waals surface area (Å²) in [6.07, 6.45) is 0.230. The Morgan fingerprint density at radius 2 is 1.97 bits per heavy atom. The Hall–Kier alpha value is -2.81. The molecule has 4 N–H and O–H groups in total. The van der Waals surface area contributed by atoms with Crippen LogP contribution < -0.4 is 21.3 Å². The van der Waals surface area contributed by atoms with Gasteiger partial charge in [0.05, 0.1) is 30.4 Å². The van der Waals surface area contributed by atoms with Crippen LogP contribution in [0.5, 0.6) is 0 Å². The zero-order chi connectivity index (χ0) is 26.7. The van der Waals surface area contributed by atoms with E-state index in [1.807, 2.05) is 0 Å². The first kappa shape index (κ1) is 27.2. The lowest BCUT2D eigenvalue weighted by atomic mass is 9.93. The summed E-state index contributed by atoms with van der Waals surface area (Å²) in [6, 6.07) is 0. The van der Waals surface area contributed by atoms with Gasteiger partial charge < -0.3 is 25.6 Å². The molecule has 4 atom stereocenters. The van der Waals surface area contributed by atoms with Crippen LogP contribution in [0.15, 0.2) is 17.6 Å². The Kier molecular flexibility index (Phi) is 8.62. The zero-order valence-corrected chi connectivity index (χ0v) is 21.0. The van der Waals surface area contributed by atoms with Gasteiger partial charge in [0.15, 0.2) is 12.0 Å². The summed E-state index contributed by atoms with van der Waals surface area (Å²) in [7, 11) is 3.23. The molecular weight excluding hydrogens is 490 g/mol. The van der Waals surface area contributed by atoms with E-state index in [4.69, 9.17) is 10.5 Å². The number of carbonyl (C=O) groups is 2. The lowest BCUT2D eigenvalue weighted by Gasteiger charge is -2.42. The third-order valence-electron chi connectivity index (χ3n) is 7.43. The number of methoxy groups -OCH3 is 1. The van der Waals surface area contributed by atoms with Gasteiger partial charge in [0.25, 0.3) is 0 Å². The number of nitrogens with two attached hydrogens (primary N) is 1. The largest absolute Gasteiger partial charge is 0.378 e. The van der Waals surface area contributed by atoms with Crippen LogP contribution in [0, 0.1) is 22.6 Å². The summed E-state index contributed by atoms with van der Waals surface area (Å²) in [5.74, 6) is -2.55. The minimum absolute atomic E-state index is 0.00560. The highest BCUT2D eigenvalue weighted by atomic mass is 19.1. The highest BCUT2D eigenvalue weighted by Crippen LogP contribution is 2.33. The number of piperidine rings is 1. The standard InChI is InChI=1S/C23H34F2N8O4/c1-31-10-14(24)7-28-21(31)18(20(26)30-36)22(34)29-17-9-27-8-16(25)19(17)32-5-3-13(4-6-32)23(35)33-11-15(12-33)37-2/h8-9,13-15,18,20-21,28H,3-7,10-12,26H2,1-2H3,(H,29,34). The minimum atomic E-state index is -1.41. The van der Waals surface area contributed by atoms with Crippen LogP contribution in [0.4, 0.5) is 20.2 Å². The van der Waals surface area contributed by atoms with E-state index in [0.717, 1.165) is 6.20 Å². The van der Waals surface area contributed by atoms with Crippen LogP contribution in [-0.4, -0.2) is 105 Å². The summed E-state index contributed by atoms with van der Waals surface area (Å²) in [6.45, 7) is 2.03. The number of anilines is 2. The molecule has 0 aromatic carbocycles. The smallest absolute Gasteiger partial charge is 0.234 e. The van der Waals surface area contributed by atoms with Crippen LogP contribution in [0.3, 0.4) is 0 Å². The molecule has 2 amide bonds. The van der Waals surface area contributed by atoms with E-state index in [1.54, 1.807) is 28.9 Å². The molecular formula is C23H34F2N8O4. The van der Waals surface area contributed by atoms with Crippen molar-refractivity contribution in [3.8, 4) is 0 Å². The number of halogens is 2. The first-order chi connectivity index (χ1) is 17.7. The molecule has 4 unspecified atom stereocenters. The molecule has 4 rings (SSSR count). The number of aromatic nitrogens is 1. The molecule has 37 heavy (non-hydrogen) atoms. The van der Waals surface area contributed by atoms with Gasteiger partial charge >= 0.3 is 0 Å². The number of ether oxygens (including phenoxy) is 1. The third-order valence-corrected chi connectivity index (χ3v) is 7.43. The van der Waals surface area contributed by atoms with Crippen LogP contribution in [0.1, 0.15) is 12.8 Å². The summed E-state index contributed by atoms with van der Waals surface area (Å²) in [5, 5.41) is 8.39. The van der Waals surface area contributed by atoms with Gasteiger partial charge in [-0.15, -0.1) is 4.91 Å². The van der Waals surface area contributed by atoms with E-state index in [9.17, 15) is 18.9 Å². The van der Waals surface area contributed by atoms with E-state index in [2.05, 4.69) is 20.8 Å². The molecule has 3 aliphatic heterocycles. The van der Waals surface area contributed by atoms with Crippen molar-refractivity contribution in [3.05, 3.63) is 23.1 Å². The lowest BCUT2D eigenvalue weighted by molar-refractivity contribution is -0.148. The fourth-order valence-electron chi connectivity index (χ4n) is 5.28. The van der Waals surface area contributed by atoms with Crippen LogP contribution in [-0.2, 0) is 14.3 Å². The predicted octanol–water partition coefficient (Wildman–Crippen LogP) is 0.0994. The van der Waals surface area contributed by atoms with Gasteiger partial charge in [0, 0.05) is 52.3 Å². The predicted molar refractivity (Wildman–Crippen MR) is 132 cm³/mol. The normalized spacial score (nSPS) is 25.3. The van der Waals surface area contributed by atoms with E-state index in [-0.39, 0.29) is 42.4 Å². The van der Waals surface area contributed by atoms with Crippen molar-refractivity contribution in [3.63, 3.8) is 0 Å². The van der Waals surface area contributed by atoms with Gasteiger partial charge in [0.2, 0.25) is 11.8 Å². The van der Waals surface area contributed by atoms with Gasteiger partial charge in [-0.2, -0.15) is 0 Å². The fourth-order valence-corrected chi connectivity index (χ4v) is 5.28. The quantitative estimate of drug-likeness (QED) is 0.403. The van der Waals surface area contributed by atoms with Crippen molar-refractivity contribution >= 4 is 23.2 Å². The molecule has 3 fully saturated rings. The summed E-state index contributed by atoms with van der Waals surface area (Å²) in [5.41, 5.74) is 6.13. The summed E-state index contributed by atoms with van der Waals surface area (Å²) in [4.78, 5) is 46.3. The molecule has 0 saturated carbocycles. The Morgan fingerprint density at radius 1 is 1.27 bits per heavy atom. The van der Waals surface area contributed by atoms with Crippen molar-refractivity contribution < 1.29 is 23.1 Å². The van der Waals surface area contributed by atoms with Gasteiger partial charge in [-0.25, -0.2) is 8.78 Å². The topological polar surface area (TPSA) is 145 Å². The van der Waals surface area contributed by atoms with Gasteiger partial charge in [0.1, 0.15) is 17.8 Å². The molecule has 14 heteroatoms. The Bertz CT molecular complexity index is 989. The Labute approximate surface area is 213 Å². The Balaban J connectivity index is 1.45. The molecule has 0 aliphatic carbocycles. The first-order valence-electron chi connectivity index (χ1n) is 12.4. The number of nitrogens with one attached hydrogen (secondary N) is 2. The SMILES string of the molecule is COC1CN(C(=O)C2CCN(c3c(F)cncc3NC(=O)C(C(N)N=O)C3NCC(F)CN3C)CC2)C1. The summed E-state index contributed by atoms with van der Waals surface area (Å²) >= 11 is 0. The number of hydrogen-bond donors (Lipinski definition) is 3. The first-order valence-corrected chi connectivity index (χ1v) is 12.4. The number of amides is 2. The van der Waals surface area contributed by atoms with Crippen molar-refractivity contribution in [2.45, 2.75) is 37.4 Å². The fraction of sp³-hybridized carbons (Fsp3) is 0.696. The van der Waals surface area contributed by atoms with Crippen molar-refractivity contribution in [1.82, 2.24) is 20.1 Å². The second-order valence-electron chi connectivity index (χ2n) is 9.88. The van der Waals surface area contributed by atoms with Crippen molar-refractivity contribution in [1.29, 1.82) is 0 Å².